The van der Waals surface area contributed by atoms with Crippen molar-refractivity contribution in [1.29, 1.82) is 0 Å². The zero-order valence-electron chi connectivity index (χ0n) is 13.6. The van der Waals surface area contributed by atoms with Gasteiger partial charge in [0.15, 0.2) is 0 Å². The highest BCUT2D eigenvalue weighted by Crippen LogP contribution is 2.48. The molecule has 0 aromatic carbocycles. The van der Waals surface area contributed by atoms with Crippen molar-refractivity contribution in [2.24, 2.45) is 5.73 Å². The second-order valence-corrected chi connectivity index (χ2v) is 7.38. The maximum atomic E-state index is 12.6. The number of halogens is 1. The van der Waals surface area contributed by atoms with Crippen LogP contribution in [0.4, 0.5) is 4.79 Å². The van der Waals surface area contributed by atoms with Crippen molar-refractivity contribution < 1.29 is 33.4 Å². The average Bonchev–Trinajstić information content (AvgIpc) is 3.11. The lowest BCUT2D eigenvalue weighted by Gasteiger charge is -2.54. The van der Waals surface area contributed by atoms with E-state index in [2.05, 4.69) is 10.1 Å². The number of primary amides is 1. The number of carboxylic acid groups (broad SMARTS) is 1. The lowest BCUT2D eigenvalue weighted by atomic mass is 10.0. The molecule has 2 aliphatic rings. The normalized spacial score (nSPS) is 24.1. The van der Waals surface area contributed by atoms with Crippen LogP contribution >= 0.6 is 23.4 Å². The Morgan fingerprint density at radius 2 is 2.26 bits per heavy atom. The highest BCUT2D eigenvalue weighted by atomic mass is 35.5. The average molecular weight is 416 g/mol. The highest BCUT2D eigenvalue weighted by molar-refractivity contribution is 8.00. The zero-order valence-corrected chi connectivity index (χ0v) is 15.2. The molecule has 10 nitrogen and oxygen atoms in total. The Kier molecular flexibility index (Phi) is 5.07. The number of nitrogens with two attached hydrogens (primary N) is 1. The fourth-order valence-electron chi connectivity index (χ4n) is 2.78. The Bertz CT molecular complexity index is 840. The molecule has 27 heavy (non-hydrogen) atoms. The van der Waals surface area contributed by atoms with Crippen LogP contribution in [-0.4, -0.2) is 56.6 Å². The molecule has 0 spiro atoms. The molecule has 3 amide bonds. The number of carbonyl (C=O) groups is 4. The number of ether oxygens (including phenoxy) is 1. The molecule has 1 fully saturated rings. The molecule has 1 unspecified atom stereocenters. The molecule has 2 aliphatic heterocycles. The van der Waals surface area contributed by atoms with E-state index in [1.54, 1.807) is 12.1 Å². The summed E-state index contributed by atoms with van der Waals surface area (Å²) in [5.74, 6) is -2.19. The fourth-order valence-corrected chi connectivity index (χ4v) is 4.58. The van der Waals surface area contributed by atoms with E-state index in [-0.39, 0.29) is 30.1 Å². The highest BCUT2D eigenvalue weighted by Gasteiger charge is 2.65. The number of β-lactam (4-membered cyclic amide) rings is 1. The van der Waals surface area contributed by atoms with Gasteiger partial charge < -0.3 is 25.3 Å². The number of furan rings is 1. The van der Waals surface area contributed by atoms with Gasteiger partial charge in [-0.05, 0) is 12.1 Å². The summed E-state index contributed by atoms with van der Waals surface area (Å²) in [6.45, 7) is -0.361. The summed E-state index contributed by atoms with van der Waals surface area (Å²) in [6, 6.07) is 3.22. The Hall–Kier alpha value is -2.66. The molecule has 1 saturated heterocycles. The monoisotopic (exact) mass is 415 g/mol. The maximum Gasteiger partial charge on any atom is 0.404 e. The van der Waals surface area contributed by atoms with Crippen molar-refractivity contribution >= 4 is 47.2 Å². The molecule has 12 heteroatoms. The first-order chi connectivity index (χ1) is 12.7. The van der Waals surface area contributed by atoms with Crippen LogP contribution in [0.3, 0.4) is 0 Å². The second kappa shape index (κ2) is 7.16. The Labute approximate surface area is 161 Å². The van der Waals surface area contributed by atoms with Gasteiger partial charge in [0, 0.05) is 11.3 Å². The standard InChI is InChI=1S/C15H14ClN3O7S/c16-15(18-9(20)4-8-2-1-3-25-8)12(23)19-10(11(21)22)7(5-26-14(17)24)6-27-13(15)19/h1-3,13H,4-6H2,(H2,17,24)(H,18,20)(H,21,22)/t13-,15?/m0/s1. The van der Waals surface area contributed by atoms with Gasteiger partial charge in [-0.2, -0.15) is 0 Å². The van der Waals surface area contributed by atoms with E-state index in [1.807, 2.05) is 0 Å². The first-order valence-electron chi connectivity index (χ1n) is 7.59. The van der Waals surface area contributed by atoms with E-state index < -0.39 is 34.2 Å². The third kappa shape index (κ3) is 3.47. The summed E-state index contributed by atoms with van der Waals surface area (Å²) in [5, 5.41) is 11.1. The van der Waals surface area contributed by atoms with Crippen LogP contribution in [0.1, 0.15) is 5.76 Å². The van der Waals surface area contributed by atoms with E-state index in [0.717, 1.165) is 16.7 Å². The molecule has 2 atom stereocenters. The number of hydrogen-bond donors (Lipinski definition) is 3. The minimum Gasteiger partial charge on any atom is -0.477 e. The lowest BCUT2D eigenvalue weighted by Crippen LogP contribution is -2.77. The smallest absolute Gasteiger partial charge is 0.404 e. The SMILES string of the molecule is NC(=O)OCC1=C(C(=O)O)N2C(=O)C(Cl)(NC(=O)Cc3ccco3)[C@@H]2SC1. The molecular weight excluding hydrogens is 402 g/mol. The Balaban J connectivity index is 1.76. The molecule has 0 aliphatic carbocycles. The van der Waals surface area contributed by atoms with Crippen molar-refractivity contribution in [1.82, 2.24) is 10.2 Å². The van der Waals surface area contributed by atoms with Gasteiger partial charge >= 0.3 is 12.1 Å². The van der Waals surface area contributed by atoms with Gasteiger partial charge in [-0.3, -0.25) is 14.5 Å². The summed E-state index contributed by atoms with van der Waals surface area (Å²) in [7, 11) is 0. The van der Waals surface area contributed by atoms with Crippen molar-refractivity contribution in [2.75, 3.05) is 12.4 Å². The minimum atomic E-state index is -1.77. The van der Waals surface area contributed by atoms with Gasteiger partial charge in [0.2, 0.25) is 10.9 Å². The predicted molar refractivity (Wildman–Crippen MR) is 92.4 cm³/mol. The summed E-state index contributed by atoms with van der Waals surface area (Å²) >= 11 is 7.45. The number of fused-ring (bicyclic) bond motifs is 1. The summed E-state index contributed by atoms with van der Waals surface area (Å²) < 4.78 is 9.70. The number of thioether (sulfide) groups is 1. The summed E-state index contributed by atoms with van der Waals surface area (Å²) in [4.78, 5) is 46.3. The number of aliphatic carboxylic acids is 1. The van der Waals surface area contributed by atoms with Gasteiger partial charge in [0.05, 0.1) is 12.7 Å². The van der Waals surface area contributed by atoms with Crippen LogP contribution in [0, 0.1) is 0 Å². The Morgan fingerprint density at radius 1 is 1.52 bits per heavy atom. The molecule has 144 valence electrons. The van der Waals surface area contributed by atoms with E-state index in [9.17, 15) is 24.3 Å². The number of nitrogens with one attached hydrogen (secondary N) is 1. The molecule has 1 aromatic heterocycles. The van der Waals surface area contributed by atoms with Crippen LogP contribution in [0.5, 0.6) is 0 Å². The first-order valence-corrected chi connectivity index (χ1v) is 9.02. The number of alkyl halides is 1. The van der Waals surface area contributed by atoms with Gasteiger partial charge in [-0.25, -0.2) is 9.59 Å². The van der Waals surface area contributed by atoms with Gasteiger partial charge in [0.25, 0.3) is 5.91 Å². The number of carboxylic acids is 1. The largest absolute Gasteiger partial charge is 0.477 e. The quantitative estimate of drug-likeness (QED) is 0.339. The summed E-state index contributed by atoms with van der Waals surface area (Å²) in [6.07, 6.45) is 0.225. The van der Waals surface area contributed by atoms with Crippen molar-refractivity contribution in [3.63, 3.8) is 0 Å². The molecule has 3 heterocycles. The molecule has 1 aromatic rings. The number of hydrogen-bond acceptors (Lipinski definition) is 7. The zero-order chi connectivity index (χ0) is 19.8. The Morgan fingerprint density at radius 3 is 2.85 bits per heavy atom. The van der Waals surface area contributed by atoms with Crippen LogP contribution < -0.4 is 11.1 Å². The van der Waals surface area contributed by atoms with Crippen molar-refractivity contribution in [3.8, 4) is 0 Å². The molecular formula is C15H14ClN3O7S. The lowest BCUT2D eigenvalue weighted by molar-refractivity contribution is -0.153. The van der Waals surface area contributed by atoms with Crippen LogP contribution in [0.25, 0.3) is 0 Å². The van der Waals surface area contributed by atoms with Crippen LogP contribution in [0.2, 0.25) is 0 Å². The fraction of sp³-hybridized carbons (Fsp3) is 0.333. The van der Waals surface area contributed by atoms with E-state index in [0.29, 0.717) is 5.76 Å². The van der Waals surface area contributed by atoms with Crippen LogP contribution in [0.15, 0.2) is 34.1 Å². The number of amides is 3. The van der Waals surface area contributed by atoms with Crippen LogP contribution in [-0.2, 0) is 25.5 Å². The molecule has 0 bridgehead atoms. The number of nitrogens with zero attached hydrogens (tertiary/aromatic N) is 1. The summed E-state index contributed by atoms with van der Waals surface area (Å²) in [5.41, 5.74) is 4.77. The number of carbonyl (C=O) groups excluding carboxylic acids is 3. The molecule has 3 rings (SSSR count). The van der Waals surface area contributed by atoms with Gasteiger partial charge in [-0.15, -0.1) is 11.8 Å². The third-order valence-electron chi connectivity index (χ3n) is 3.92. The minimum absolute atomic E-state index is 0.120. The van der Waals surface area contributed by atoms with Gasteiger partial charge in [-0.1, -0.05) is 11.6 Å². The van der Waals surface area contributed by atoms with Crippen molar-refractivity contribution in [2.45, 2.75) is 16.8 Å². The van der Waals surface area contributed by atoms with E-state index >= 15 is 0 Å². The predicted octanol–water partition coefficient (Wildman–Crippen LogP) is 0.223. The topological polar surface area (TPSA) is 152 Å². The first kappa shape index (κ1) is 19.1. The second-order valence-electron chi connectivity index (χ2n) is 5.72. The maximum absolute atomic E-state index is 12.6. The molecule has 0 saturated carbocycles. The van der Waals surface area contributed by atoms with Gasteiger partial charge in [0.1, 0.15) is 23.4 Å². The van der Waals surface area contributed by atoms with Crippen molar-refractivity contribution in [3.05, 3.63) is 35.4 Å². The third-order valence-corrected chi connectivity index (χ3v) is 5.91. The molecule has 0 radical (unpaired) electrons. The van der Waals surface area contributed by atoms with E-state index in [1.165, 1.54) is 6.26 Å². The number of rotatable bonds is 6. The van der Waals surface area contributed by atoms with E-state index in [4.69, 9.17) is 21.8 Å². The molecule has 4 N–H and O–H groups in total.